The topological polar surface area (TPSA) is 70.7 Å². The van der Waals surface area contributed by atoms with E-state index in [-0.39, 0.29) is 18.7 Å². The summed E-state index contributed by atoms with van der Waals surface area (Å²) >= 11 is 0. The van der Waals surface area contributed by atoms with Crippen molar-refractivity contribution < 1.29 is 14.3 Å². The van der Waals surface area contributed by atoms with Crippen LogP contribution in [0.15, 0.2) is 30.5 Å². The van der Waals surface area contributed by atoms with Crippen LogP contribution in [-0.4, -0.2) is 59.9 Å². The number of hydrogen-bond acceptors (Lipinski definition) is 5. The van der Waals surface area contributed by atoms with Crippen molar-refractivity contribution in [2.75, 3.05) is 34.0 Å². The zero-order chi connectivity index (χ0) is 18.1. The molecular weight excluding hydrogens is 332 g/mol. The fourth-order valence-corrected chi connectivity index (χ4v) is 3.82. The van der Waals surface area contributed by atoms with Crippen LogP contribution in [0.3, 0.4) is 0 Å². The number of aromatic amines is 1. The van der Waals surface area contributed by atoms with Gasteiger partial charge in [-0.3, -0.25) is 14.8 Å². The van der Waals surface area contributed by atoms with E-state index in [1.54, 1.807) is 6.20 Å². The maximum absolute atomic E-state index is 13.2. The lowest BCUT2D eigenvalue weighted by atomic mass is 9.93. The average molecular weight is 356 g/mol. The SMILES string of the molecule is CN(C)C(C(=O)N1CCC(c2ccn[nH]2)CC1)c1ccc2c(c1)OCO2. The molecule has 0 radical (unpaired) electrons. The molecule has 2 aliphatic heterocycles. The van der Waals surface area contributed by atoms with Gasteiger partial charge in [0.05, 0.1) is 0 Å². The van der Waals surface area contributed by atoms with Crippen molar-refractivity contribution in [1.82, 2.24) is 20.0 Å². The number of carbonyl (C=O) groups is 1. The van der Waals surface area contributed by atoms with Crippen LogP contribution in [0.2, 0.25) is 0 Å². The van der Waals surface area contributed by atoms with Gasteiger partial charge in [-0.1, -0.05) is 6.07 Å². The van der Waals surface area contributed by atoms with E-state index in [2.05, 4.69) is 10.2 Å². The number of H-pyrrole nitrogens is 1. The first-order chi connectivity index (χ1) is 12.6. The number of nitrogens with zero attached hydrogens (tertiary/aromatic N) is 3. The van der Waals surface area contributed by atoms with Gasteiger partial charge in [0.25, 0.3) is 0 Å². The second kappa shape index (κ2) is 6.99. The summed E-state index contributed by atoms with van der Waals surface area (Å²) < 4.78 is 10.9. The van der Waals surface area contributed by atoms with Gasteiger partial charge >= 0.3 is 0 Å². The highest BCUT2D eigenvalue weighted by Gasteiger charge is 2.32. The number of amides is 1. The zero-order valence-electron chi connectivity index (χ0n) is 15.1. The van der Waals surface area contributed by atoms with Gasteiger partial charge in [0.2, 0.25) is 12.7 Å². The third-order valence-electron chi connectivity index (χ3n) is 5.23. The van der Waals surface area contributed by atoms with E-state index in [0.717, 1.165) is 42.9 Å². The highest BCUT2D eigenvalue weighted by atomic mass is 16.7. The molecule has 4 rings (SSSR count). The second-order valence-corrected chi connectivity index (χ2v) is 7.09. The summed E-state index contributed by atoms with van der Waals surface area (Å²) in [5.41, 5.74) is 2.09. The molecule has 1 amide bonds. The number of benzene rings is 1. The molecule has 2 aromatic rings. The molecule has 0 saturated carbocycles. The van der Waals surface area contributed by atoms with Gasteiger partial charge in [-0.05, 0) is 50.7 Å². The van der Waals surface area contributed by atoms with Crippen molar-refractivity contribution in [3.8, 4) is 11.5 Å². The van der Waals surface area contributed by atoms with Gasteiger partial charge < -0.3 is 14.4 Å². The number of likely N-dealkylation sites (N-methyl/N-ethyl adjacent to an activating group) is 1. The van der Waals surface area contributed by atoms with Gasteiger partial charge in [0.1, 0.15) is 6.04 Å². The predicted molar refractivity (Wildman–Crippen MR) is 96.1 cm³/mol. The van der Waals surface area contributed by atoms with Crippen LogP contribution < -0.4 is 9.47 Å². The van der Waals surface area contributed by atoms with Crippen molar-refractivity contribution in [2.24, 2.45) is 0 Å². The number of aromatic nitrogens is 2. The standard InChI is InChI=1S/C19H24N4O3/c1-22(2)18(14-3-4-16-17(11-14)26-12-25-16)19(24)23-9-6-13(7-10-23)15-5-8-20-21-15/h3-5,8,11,13,18H,6-7,9-10,12H2,1-2H3,(H,20,21). The Labute approximate surface area is 152 Å². The molecule has 1 fully saturated rings. The number of nitrogens with one attached hydrogen (secondary N) is 1. The van der Waals surface area contributed by atoms with Crippen molar-refractivity contribution in [2.45, 2.75) is 24.8 Å². The largest absolute Gasteiger partial charge is 0.454 e. The molecule has 2 aliphatic rings. The maximum Gasteiger partial charge on any atom is 0.244 e. The van der Waals surface area contributed by atoms with Gasteiger partial charge in [-0.15, -0.1) is 0 Å². The van der Waals surface area contributed by atoms with E-state index in [9.17, 15) is 4.79 Å². The minimum atomic E-state index is -0.326. The lowest BCUT2D eigenvalue weighted by molar-refractivity contribution is -0.137. The summed E-state index contributed by atoms with van der Waals surface area (Å²) in [6, 6.07) is 7.45. The number of ether oxygens (including phenoxy) is 2. The summed E-state index contributed by atoms with van der Waals surface area (Å²) in [6.07, 6.45) is 3.69. The van der Waals surface area contributed by atoms with Gasteiger partial charge in [-0.2, -0.15) is 5.10 Å². The van der Waals surface area contributed by atoms with E-state index >= 15 is 0 Å². The van der Waals surface area contributed by atoms with Gasteiger partial charge in [0, 0.05) is 30.9 Å². The van der Waals surface area contributed by atoms with Crippen LogP contribution in [0.1, 0.15) is 36.1 Å². The molecule has 0 bridgehead atoms. The molecule has 1 aromatic heterocycles. The number of rotatable bonds is 4. The van der Waals surface area contributed by atoms with Gasteiger partial charge in [0.15, 0.2) is 11.5 Å². The molecule has 1 aromatic carbocycles. The van der Waals surface area contributed by atoms with Crippen molar-refractivity contribution in [3.63, 3.8) is 0 Å². The van der Waals surface area contributed by atoms with Crippen molar-refractivity contribution in [3.05, 3.63) is 41.7 Å². The van der Waals surface area contributed by atoms with E-state index in [1.807, 2.05) is 48.2 Å². The fourth-order valence-electron chi connectivity index (χ4n) is 3.82. The van der Waals surface area contributed by atoms with Crippen molar-refractivity contribution >= 4 is 5.91 Å². The average Bonchev–Trinajstić information content (AvgIpc) is 3.33. The highest BCUT2D eigenvalue weighted by molar-refractivity contribution is 5.83. The molecule has 3 heterocycles. The Morgan fingerprint density at radius 1 is 1.23 bits per heavy atom. The number of piperidine rings is 1. The number of fused-ring (bicyclic) bond motifs is 1. The molecule has 1 atom stereocenters. The Morgan fingerprint density at radius 2 is 2.00 bits per heavy atom. The smallest absolute Gasteiger partial charge is 0.244 e. The Balaban J connectivity index is 1.48. The maximum atomic E-state index is 13.2. The molecular formula is C19H24N4O3. The summed E-state index contributed by atoms with van der Waals surface area (Å²) in [5, 5.41) is 7.09. The van der Waals surface area contributed by atoms with Crippen LogP contribution in [-0.2, 0) is 4.79 Å². The monoisotopic (exact) mass is 356 g/mol. The van der Waals surface area contributed by atoms with Crippen LogP contribution in [0, 0.1) is 0 Å². The molecule has 0 aliphatic carbocycles. The summed E-state index contributed by atoms with van der Waals surface area (Å²) in [5.74, 6) is 2.03. The van der Waals surface area contributed by atoms with Crippen molar-refractivity contribution in [1.29, 1.82) is 0 Å². The Hall–Kier alpha value is -2.54. The Morgan fingerprint density at radius 3 is 2.69 bits per heavy atom. The highest BCUT2D eigenvalue weighted by Crippen LogP contribution is 2.36. The number of hydrogen-bond donors (Lipinski definition) is 1. The lowest BCUT2D eigenvalue weighted by Gasteiger charge is -2.35. The van der Waals surface area contributed by atoms with Crippen LogP contribution in [0.4, 0.5) is 0 Å². The fraction of sp³-hybridized carbons (Fsp3) is 0.474. The first-order valence-corrected chi connectivity index (χ1v) is 8.97. The molecule has 1 N–H and O–H groups in total. The first kappa shape index (κ1) is 16.9. The predicted octanol–water partition coefficient (Wildman–Crippen LogP) is 2.15. The minimum Gasteiger partial charge on any atom is -0.454 e. The third kappa shape index (κ3) is 3.14. The first-order valence-electron chi connectivity index (χ1n) is 8.97. The lowest BCUT2D eigenvalue weighted by Crippen LogP contribution is -2.44. The van der Waals surface area contributed by atoms with Gasteiger partial charge in [-0.25, -0.2) is 0 Å². The number of likely N-dealkylation sites (tertiary alicyclic amines) is 1. The Kier molecular flexibility index (Phi) is 4.55. The molecule has 1 saturated heterocycles. The summed E-state index contributed by atoms with van der Waals surface area (Å²) in [6.45, 7) is 1.76. The molecule has 0 spiro atoms. The van der Waals surface area contributed by atoms with E-state index < -0.39 is 0 Å². The minimum absolute atomic E-state index is 0.136. The number of carbonyl (C=O) groups excluding carboxylic acids is 1. The molecule has 7 nitrogen and oxygen atoms in total. The Bertz CT molecular complexity index is 767. The molecule has 7 heteroatoms. The molecule has 138 valence electrons. The quantitative estimate of drug-likeness (QED) is 0.909. The normalized spacial score (nSPS) is 18.3. The zero-order valence-corrected chi connectivity index (χ0v) is 15.1. The summed E-state index contributed by atoms with van der Waals surface area (Å²) in [4.78, 5) is 17.2. The van der Waals surface area contributed by atoms with Crippen LogP contribution in [0.5, 0.6) is 11.5 Å². The summed E-state index contributed by atoms with van der Waals surface area (Å²) in [7, 11) is 3.87. The second-order valence-electron chi connectivity index (χ2n) is 7.09. The molecule has 26 heavy (non-hydrogen) atoms. The van der Waals surface area contributed by atoms with Crippen LogP contribution in [0.25, 0.3) is 0 Å². The van der Waals surface area contributed by atoms with E-state index in [0.29, 0.717) is 11.7 Å². The third-order valence-corrected chi connectivity index (χ3v) is 5.23. The van der Waals surface area contributed by atoms with E-state index in [4.69, 9.17) is 9.47 Å². The van der Waals surface area contributed by atoms with E-state index in [1.165, 1.54) is 0 Å². The molecule has 1 unspecified atom stereocenters. The van der Waals surface area contributed by atoms with Crippen LogP contribution >= 0.6 is 0 Å².